The Morgan fingerprint density at radius 3 is 1.85 bits per heavy atom. The fraction of sp³-hybridized carbons (Fsp3) is 0. The predicted octanol–water partition coefficient (Wildman–Crippen LogP) is 3.65. The van der Waals surface area contributed by atoms with Gasteiger partial charge >= 0.3 is 0 Å². The molecule has 0 bridgehead atoms. The van der Waals surface area contributed by atoms with Crippen LogP contribution in [0.5, 0.6) is 0 Å². The molecule has 0 N–H and O–H groups in total. The van der Waals surface area contributed by atoms with E-state index in [1.165, 1.54) is 6.33 Å². The molecule has 3 heteroatoms. The number of rotatable bonds is 3. The molecule has 3 rings (SSSR count). The van der Waals surface area contributed by atoms with Crippen molar-refractivity contribution in [2.75, 3.05) is 0 Å². The van der Waals surface area contributed by atoms with Crippen LogP contribution in [0.2, 0.25) is 0 Å². The lowest BCUT2D eigenvalue weighted by molar-refractivity contribution is 1.15. The van der Waals surface area contributed by atoms with Crippen molar-refractivity contribution in [3.05, 3.63) is 90.4 Å². The van der Waals surface area contributed by atoms with Gasteiger partial charge in [0.2, 0.25) is 0 Å². The standard InChI is InChI=1S/C17H13N3/c1-3-7-14(8-4-1)17(15-9-5-2-6-10-15)20-16-11-12-18-13-19-16/h1-13H. The summed E-state index contributed by atoms with van der Waals surface area (Å²) in [6.07, 6.45) is 3.20. The number of hydrogen-bond donors (Lipinski definition) is 0. The summed E-state index contributed by atoms with van der Waals surface area (Å²) in [6, 6.07) is 22.0. The molecule has 2 aromatic carbocycles. The lowest BCUT2D eigenvalue weighted by atomic mass is 10.0. The maximum absolute atomic E-state index is 4.66. The summed E-state index contributed by atoms with van der Waals surface area (Å²) in [5.74, 6) is 0.655. The fourth-order valence-electron chi connectivity index (χ4n) is 1.95. The minimum Gasteiger partial charge on any atom is -0.245 e. The summed E-state index contributed by atoms with van der Waals surface area (Å²) in [4.78, 5) is 12.8. The molecule has 3 nitrogen and oxygen atoms in total. The maximum atomic E-state index is 4.66. The third-order valence-electron chi connectivity index (χ3n) is 2.89. The Balaban J connectivity index is 2.12. The molecule has 0 amide bonds. The van der Waals surface area contributed by atoms with Crippen LogP contribution in [0.4, 0.5) is 5.82 Å². The van der Waals surface area contributed by atoms with Crippen LogP contribution in [0, 0.1) is 0 Å². The average molecular weight is 259 g/mol. The number of aliphatic imine (C=N–C) groups is 1. The van der Waals surface area contributed by atoms with Crippen LogP contribution in [0.15, 0.2) is 84.2 Å². The average Bonchev–Trinajstić information content (AvgIpc) is 2.55. The van der Waals surface area contributed by atoms with Crippen molar-refractivity contribution in [1.82, 2.24) is 9.97 Å². The summed E-state index contributed by atoms with van der Waals surface area (Å²) in [7, 11) is 0. The maximum Gasteiger partial charge on any atom is 0.155 e. The molecule has 20 heavy (non-hydrogen) atoms. The summed E-state index contributed by atoms with van der Waals surface area (Å²) in [5.41, 5.74) is 3.04. The summed E-state index contributed by atoms with van der Waals surface area (Å²) >= 11 is 0. The zero-order valence-electron chi connectivity index (χ0n) is 10.8. The highest BCUT2D eigenvalue weighted by molar-refractivity contribution is 6.13. The minimum atomic E-state index is 0.655. The normalized spacial score (nSPS) is 10.0. The van der Waals surface area contributed by atoms with Gasteiger partial charge in [-0.05, 0) is 0 Å². The summed E-state index contributed by atoms with van der Waals surface area (Å²) < 4.78 is 0. The van der Waals surface area contributed by atoms with Crippen molar-refractivity contribution in [2.45, 2.75) is 0 Å². The Morgan fingerprint density at radius 2 is 1.35 bits per heavy atom. The van der Waals surface area contributed by atoms with Crippen LogP contribution >= 0.6 is 0 Å². The largest absolute Gasteiger partial charge is 0.245 e. The van der Waals surface area contributed by atoms with E-state index in [1.807, 2.05) is 60.7 Å². The van der Waals surface area contributed by atoms with E-state index in [0.717, 1.165) is 16.8 Å². The molecule has 0 saturated carbocycles. The van der Waals surface area contributed by atoms with E-state index >= 15 is 0 Å². The fourth-order valence-corrected chi connectivity index (χ4v) is 1.95. The zero-order chi connectivity index (χ0) is 13.6. The van der Waals surface area contributed by atoms with E-state index in [9.17, 15) is 0 Å². The zero-order valence-corrected chi connectivity index (χ0v) is 10.8. The molecule has 0 aliphatic carbocycles. The number of hydrogen-bond acceptors (Lipinski definition) is 3. The molecule has 0 atom stereocenters. The molecule has 3 aromatic rings. The van der Waals surface area contributed by atoms with E-state index < -0.39 is 0 Å². The highest BCUT2D eigenvalue weighted by atomic mass is 14.9. The third kappa shape index (κ3) is 2.78. The lowest BCUT2D eigenvalue weighted by Crippen LogP contribution is -2.02. The molecule has 1 aromatic heterocycles. The van der Waals surface area contributed by atoms with E-state index in [2.05, 4.69) is 15.0 Å². The van der Waals surface area contributed by atoms with Crippen molar-refractivity contribution < 1.29 is 0 Å². The first-order valence-electron chi connectivity index (χ1n) is 6.39. The SMILES string of the molecule is c1ccc(C(=Nc2ccncn2)c2ccccc2)cc1. The minimum absolute atomic E-state index is 0.655. The van der Waals surface area contributed by atoms with E-state index in [0.29, 0.717) is 5.82 Å². The van der Waals surface area contributed by atoms with Gasteiger partial charge in [0.1, 0.15) is 6.33 Å². The van der Waals surface area contributed by atoms with Crippen molar-refractivity contribution in [3.63, 3.8) is 0 Å². The monoisotopic (exact) mass is 259 g/mol. The molecule has 0 fully saturated rings. The Kier molecular flexibility index (Phi) is 3.60. The van der Waals surface area contributed by atoms with Crippen LogP contribution in [0.3, 0.4) is 0 Å². The van der Waals surface area contributed by atoms with Gasteiger partial charge in [0.25, 0.3) is 0 Å². The van der Waals surface area contributed by atoms with Crippen molar-refractivity contribution in [2.24, 2.45) is 4.99 Å². The van der Waals surface area contributed by atoms with E-state index in [4.69, 9.17) is 0 Å². The molecule has 0 unspecified atom stereocenters. The Hall–Kier alpha value is -2.81. The first-order valence-corrected chi connectivity index (χ1v) is 6.39. The van der Waals surface area contributed by atoms with Crippen LogP contribution < -0.4 is 0 Å². The second kappa shape index (κ2) is 5.89. The van der Waals surface area contributed by atoms with E-state index in [-0.39, 0.29) is 0 Å². The van der Waals surface area contributed by atoms with Crippen molar-refractivity contribution >= 4 is 11.5 Å². The van der Waals surface area contributed by atoms with Crippen LogP contribution in [-0.4, -0.2) is 15.7 Å². The van der Waals surface area contributed by atoms with Crippen molar-refractivity contribution in [3.8, 4) is 0 Å². The molecule has 0 aliphatic heterocycles. The molecular weight excluding hydrogens is 246 g/mol. The molecule has 0 spiro atoms. The Morgan fingerprint density at radius 1 is 0.750 bits per heavy atom. The topological polar surface area (TPSA) is 38.1 Å². The molecule has 1 heterocycles. The van der Waals surface area contributed by atoms with Crippen molar-refractivity contribution in [1.29, 1.82) is 0 Å². The van der Waals surface area contributed by atoms with Gasteiger partial charge in [-0.25, -0.2) is 15.0 Å². The third-order valence-corrected chi connectivity index (χ3v) is 2.89. The van der Waals surface area contributed by atoms with Gasteiger partial charge in [-0.2, -0.15) is 0 Å². The number of aromatic nitrogens is 2. The quantitative estimate of drug-likeness (QED) is 0.673. The summed E-state index contributed by atoms with van der Waals surface area (Å²) in [5, 5.41) is 0. The molecule has 96 valence electrons. The van der Waals surface area contributed by atoms with Gasteiger partial charge in [0.05, 0.1) is 5.71 Å². The second-order valence-electron chi connectivity index (χ2n) is 4.26. The van der Waals surface area contributed by atoms with Crippen LogP contribution in [-0.2, 0) is 0 Å². The number of benzene rings is 2. The van der Waals surface area contributed by atoms with Gasteiger partial charge in [-0.3, -0.25) is 0 Å². The molecule has 0 saturated heterocycles. The second-order valence-corrected chi connectivity index (χ2v) is 4.26. The van der Waals surface area contributed by atoms with Gasteiger partial charge in [0, 0.05) is 23.4 Å². The highest BCUT2D eigenvalue weighted by Gasteiger charge is 2.06. The van der Waals surface area contributed by atoms with E-state index in [1.54, 1.807) is 12.3 Å². The molecular formula is C17H13N3. The molecule has 0 radical (unpaired) electrons. The van der Waals surface area contributed by atoms with Crippen LogP contribution in [0.25, 0.3) is 0 Å². The van der Waals surface area contributed by atoms with Gasteiger partial charge in [-0.15, -0.1) is 0 Å². The Labute approximate surface area is 117 Å². The Bertz CT molecular complexity index is 651. The summed E-state index contributed by atoms with van der Waals surface area (Å²) in [6.45, 7) is 0. The smallest absolute Gasteiger partial charge is 0.155 e. The molecule has 0 aliphatic rings. The first-order chi connectivity index (χ1) is 9.93. The first kappa shape index (κ1) is 12.2. The number of nitrogens with zero attached hydrogens (tertiary/aromatic N) is 3. The van der Waals surface area contributed by atoms with Gasteiger partial charge in [0.15, 0.2) is 5.82 Å². The van der Waals surface area contributed by atoms with Gasteiger partial charge in [-0.1, -0.05) is 60.7 Å². The lowest BCUT2D eigenvalue weighted by Gasteiger charge is -2.07. The predicted molar refractivity (Wildman–Crippen MR) is 80.2 cm³/mol. The van der Waals surface area contributed by atoms with Crippen LogP contribution in [0.1, 0.15) is 11.1 Å². The van der Waals surface area contributed by atoms with Gasteiger partial charge < -0.3 is 0 Å². The highest BCUT2D eigenvalue weighted by Crippen LogP contribution is 2.15.